The van der Waals surface area contributed by atoms with E-state index in [1.165, 1.54) is 9.80 Å². The minimum atomic E-state index is -1.19. The molecule has 4 amide bonds. The Kier molecular flexibility index (Phi) is 8.04. The van der Waals surface area contributed by atoms with Gasteiger partial charge in [0.05, 0.1) is 45.9 Å². The van der Waals surface area contributed by atoms with Crippen molar-refractivity contribution in [3.8, 4) is 5.75 Å². The van der Waals surface area contributed by atoms with Crippen LogP contribution in [0.5, 0.6) is 5.75 Å². The van der Waals surface area contributed by atoms with Crippen molar-refractivity contribution in [1.29, 1.82) is 0 Å². The largest absolute Gasteiger partial charge is 0.507 e. The molecule has 0 radical (unpaired) electrons. The van der Waals surface area contributed by atoms with Crippen molar-refractivity contribution in [2.75, 3.05) is 28.8 Å². The van der Waals surface area contributed by atoms with Crippen molar-refractivity contribution in [3.05, 3.63) is 132 Å². The maximum atomic E-state index is 14.8. The minimum absolute atomic E-state index is 0.115. The van der Waals surface area contributed by atoms with Crippen LogP contribution in [0.3, 0.4) is 0 Å². The number of benzene rings is 5. The number of aromatic hydroxyl groups is 1. The molecule has 5 aromatic carbocycles. The molecule has 1 N–H and O–H groups in total. The van der Waals surface area contributed by atoms with Crippen LogP contribution in [0, 0.1) is 29.1 Å². The molecule has 55 heavy (non-hydrogen) atoms. The molecule has 0 bridgehead atoms. The number of anilines is 3. The van der Waals surface area contributed by atoms with Gasteiger partial charge in [0.1, 0.15) is 5.75 Å². The van der Waals surface area contributed by atoms with Crippen LogP contribution in [0.2, 0.25) is 0 Å². The van der Waals surface area contributed by atoms with E-state index in [1.807, 2.05) is 92.7 Å². The number of azo groups is 1. The topological polar surface area (TPSA) is 123 Å². The third-order valence-electron chi connectivity index (χ3n) is 12.3. The predicted molar refractivity (Wildman–Crippen MR) is 211 cm³/mol. The molecule has 2 heterocycles. The molecule has 6 atom stereocenters. The number of imide groups is 2. The summed E-state index contributed by atoms with van der Waals surface area (Å²) in [5, 5.41) is 21.0. The number of amides is 4. The first-order chi connectivity index (χ1) is 26.6. The Morgan fingerprint density at radius 3 is 1.96 bits per heavy atom. The summed E-state index contributed by atoms with van der Waals surface area (Å²) in [6, 6.07) is 34.5. The standard InChI is InChI=1S/C45H39N5O5/c1-45-37(42(53)50(44(45)55)29-9-5-4-6-10-29)25-36-34(40(45)33-23-24-38(51)32-12-8-7-11-31(32)33)21-22-35-39(36)43(54)49(41(35)52)30-19-15-27(16-20-30)47-46-26-13-17-28(18-14-26)48(2)3/h4-21,23-24,35-37,39-40,51H,22,25H2,1-3H3/t35-,36+,37-,39-,40-,45+/m0/s1. The molecule has 2 aliphatic carbocycles. The Balaban J connectivity index is 1.08. The Hall–Kier alpha value is -6.42. The lowest BCUT2D eigenvalue weighted by atomic mass is 9.51. The number of hydrogen-bond acceptors (Lipinski definition) is 8. The Bertz CT molecular complexity index is 2460. The van der Waals surface area contributed by atoms with E-state index in [0.717, 1.165) is 22.2 Å². The SMILES string of the molecule is CN(C)c1ccc(N=Nc2ccc(N3C(=O)[C@H]4[C@H](CC=C5[C@H]4C[C@H]4C(=O)N(c6ccccc6)C(=O)[C@@]4(C)[C@H]5c4ccc(O)c5ccccc45)C3=O)cc2)cc1. The van der Waals surface area contributed by atoms with Crippen LogP contribution in [-0.2, 0) is 19.2 Å². The first-order valence-corrected chi connectivity index (χ1v) is 18.6. The number of hydrogen-bond donors (Lipinski definition) is 1. The average Bonchev–Trinajstić information content (AvgIpc) is 3.57. The molecular weight excluding hydrogens is 691 g/mol. The highest BCUT2D eigenvalue weighted by molar-refractivity contribution is 6.25. The molecule has 0 aromatic heterocycles. The summed E-state index contributed by atoms with van der Waals surface area (Å²) in [5.41, 5.74) is 3.78. The van der Waals surface area contributed by atoms with Gasteiger partial charge in [-0.2, -0.15) is 10.2 Å². The first-order valence-electron chi connectivity index (χ1n) is 18.6. The maximum absolute atomic E-state index is 14.8. The van der Waals surface area contributed by atoms with Crippen molar-refractivity contribution in [1.82, 2.24) is 0 Å². The molecule has 10 heteroatoms. The maximum Gasteiger partial charge on any atom is 0.241 e. The summed E-state index contributed by atoms with van der Waals surface area (Å²) >= 11 is 0. The van der Waals surface area contributed by atoms with Crippen molar-refractivity contribution in [2.24, 2.45) is 39.3 Å². The van der Waals surface area contributed by atoms with Gasteiger partial charge in [-0.15, -0.1) is 0 Å². The second kappa shape index (κ2) is 12.9. The van der Waals surface area contributed by atoms with Crippen molar-refractivity contribution < 1.29 is 24.3 Å². The highest BCUT2D eigenvalue weighted by atomic mass is 16.3. The van der Waals surface area contributed by atoms with E-state index in [2.05, 4.69) is 10.2 Å². The molecule has 1 saturated carbocycles. The molecular formula is C45H39N5O5. The van der Waals surface area contributed by atoms with Gasteiger partial charge in [0.25, 0.3) is 0 Å². The molecule has 2 aliphatic heterocycles. The summed E-state index contributed by atoms with van der Waals surface area (Å²) in [4.78, 5) is 62.7. The smallest absolute Gasteiger partial charge is 0.241 e. The molecule has 10 nitrogen and oxygen atoms in total. The van der Waals surface area contributed by atoms with Gasteiger partial charge in [0.15, 0.2) is 0 Å². The summed E-state index contributed by atoms with van der Waals surface area (Å²) in [5.74, 6) is -4.19. The molecule has 9 rings (SSSR count). The fourth-order valence-corrected chi connectivity index (χ4v) is 9.60. The lowest BCUT2D eigenvalue weighted by molar-refractivity contribution is -0.131. The number of carbonyl (C=O) groups is 4. The number of allylic oxidation sites excluding steroid dienone is 2. The van der Waals surface area contributed by atoms with Gasteiger partial charge in [-0.25, -0.2) is 4.90 Å². The molecule has 4 aliphatic rings. The van der Waals surface area contributed by atoms with Crippen molar-refractivity contribution in [3.63, 3.8) is 0 Å². The Labute approximate surface area is 318 Å². The van der Waals surface area contributed by atoms with Gasteiger partial charge in [-0.05, 0) is 103 Å². The number of phenolic OH excluding ortho intramolecular Hbond substituents is 1. The summed E-state index contributed by atoms with van der Waals surface area (Å²) in [6.07, 6.45) is 2.63. The monoisotopic (exact) mass is 729 g/mol. The summed E-state index contributed by atoms with van der Waals surface area (Å²) < 4.78 is 0. The average molecular weight is 730 g/mol. The van der Waals surface area contributed by atoms with E-state index in [9.17, 15) is 24.3 Å². The van der Waals surface area contributed by atoms with Crippen LogP contribution < -0.4 is 14.7 Å². The van der Waals surface area contributed by atoms with Crippen LogP contribution in [-0.4, -0.2) is 42.8 Å². The fraction of sp³-hybridized carbons (Fsp3) is 0.244. The van der Waals surface area contributed by atoms with E-state index in [4.69, 9.17) is 0 Å². The zero-order valence-corrected chi connectivity index (χ0v) is 30.7. The van der Waals surface area contributed by atoms with Crippen LogP contribution >= 0.6 is 0 Å². The van der Waals surface area contributed by atoms with E-state index in [1.54, 1.807) is 54.6 Å². The van der Waals surface area contributed by atoms with Crippen LogP contribution in [0.1, 0.15) is 31.2 Å². The summed E-state index contributed by atoms with van der Waals surface area (Å²) in [6.45, 7) is 1.88. The molecule has 2 saturated heterocycles. The highest BCUT2D eigenvalue weighted by Crippen LogP contribution is 2.64. The van der Waals surface area contributed by atoms with Gasteiger partial charge in [-0.1, -0.05) is 60.2 Å². The van der Waals surface area contributed by atoms with Crippen molar-refractivity contribution in [2.45, 2.75) is 25.7 Å². The van der Waals surface area contributed by atoms with Gasteiger partial charge in [0, 0.05) is 31.1 Å². The van der Waals surface area contributed by atoms with Crippen LogP contribution in [0.25, 0.3) is 10.8 Å². The molecule has 0 spiro atoms. The van der Waals surface area contributed by atoms with Gasteiger partial charge < -0.3 is 10.0 Å². The minimum Gasteiger partial charge on any atom is -0.507 e. The Morgan fingerprint density at radius 2 is 1.29 bits per heavy atom. The van der Waals surface area contributed by atoms with Gasteiger partial charge >= 0.3 is 0 Å². The zero-order chi connectivity index (χ0) is 38.2. The van der Waals surface area contributed by atoms with E-state index < -0.39 is 35.0 Å². The molecule has 274 valence electrons. The van der Waals surface area contributed by atoms with E-state index in [-0.39, 0.29) is 35.8 Å². The number of carbonyl (C=O) groups excluding carboxylic acids is 4. The summed E-state index contributed by atoms with van der Waals surface area (Å²) in [7, 11) is 3.94. The zero-order valence-electron chi connectivity index (χ0n) is 30.7. The number of phenols is 1. The number of para-hydroxylation sites is 1. The van der Waals surface area contributed by atoms with Gasteiger partial charge in [-0.3, -0.25) is 24.1 Å². The third kappa shape index (κ3) is 5.22. The lowest BCUT2D eigenvalue weighted by Crippen LogP contribution is -2.49. The van der Waals surface area contributed by atoms with E-state index >= 15 is 0 Å². The lowest BCUT2D eigenvalue weighted by Gasteiger charge is -2.49. The quantitative estimate of drug-likeness (QED) is 0.106. The highest BCUT2D eigenvalue weighted by Gasteiger charge is 2.67. The predicted octanol–water partition coefficient (Wildman–Crippen LogP) is 8.46. The second-order valence-electron chi connectivity index (χ2n) is 15.4. The first kappa shape index (κ1) is 34.4. The second-order valence-corrected chi connectivity index (χ2v) is 15.4. The van der Waals surface area contributed by atoms with Gasteiger partial charge in [0.2, 0.25) is 23.6 Å². The number of nitrogens with zero attached hydrogens (tertiary/aromatic N) is 5. The van der Waals surface area contributed by atoms with Crippen LogP contribution in [0.4, 0.5) is 28.4 Å². The number of rotatable bonds is 6. The Morgan fingerprint density at radius 1 is 0.673 bits per heavy atom. The van der Waals surface area contributed by atoms with E-state index in [0.29, 0.717) is 34.6 Å². The molecule has 5 aromatic rings. The normalized spacial score (nSPS) is 26.0. The fourth-order valence-electron chi connectivity index (χ4n) is 9.60. The third-order valence-corrected chi connectivity index (χ3v) is 12.3. The molecule has 0 unspecified atom stereocenters. The van der Waals surface area contributed by atoms with Crippen molar-refractivity contribution >= 4 is 62.8 Å². The van der Waals surface area contributed by atoms with Crippen LogP contribution in [0.15, 0.2) is 137 Å². The number of fused-ring (bicyclic) bond motifs is 5. The molecule has 3 fully saturated rings.